The highest BCUT2D eigenvalue weighted by atomic mass is 16.2. The number of pyridine rings is 1. The van der Waals surface area contributed by atoms with E-state index in [1.807, 2.05) is 54.6 Å². The number of carbonyl (C=O) groups excluding carboxylic acids is 2. The first-order chi connectivity index (χ1) is 16.3. The molecule has 0 radical (unpaired) electrons. The number of carbonyl (C=O) groups is 2. The molecule has 2 N–H and O–H groups in total. The number of allylic oxidation sites excluding steroid dienone is 1. The summed E-state index contributed by atoms with van der Waals surface area (Å²) in [5, 5.41) is 7.54. The molecule has 0 fully saturated rings. The van der Waals surface area contributed by atoms with E-state index in [4.69, 9.17) is 0 Å². The molecular weight excluding hydrogens is 424 g/mol. The molecule has 2 heterocycles. The van der Waals surface area contributed by atoms with Gasteiger partial charge in [0.2, 0.25) is 5.91 Å². The van der Waals surface area contributed by atoms with Crippen molar-refractivity contribution in [1.29, 1.82) is 0 Å². The third kappa shape index (κ3) is 4.16. The first kappa shape index (κ1) is 22.1. The molecule has 5 rings (SSSR count). The third-order valence-electron chi connectivity index (χ3n) is 6.70. The van der Waals surface area contributed by atoms with Crippen LogP contribution in [0.3, 0.4) is 0 Å². The predicted octanol–water partition coefficient (Wildman–Crippen LogP) is 5.53. The van der Waals surface area contributed by atoms with Gasteiger partial charge in [0.25, 0.3) is 0 Å². The number of Topliss-reactive ketones (excluding diaryl/α,β-unsaturated/α-hetero) is 1. The van der Waals surface area contributed by atoms with Crippen molar-refractivity contribution in [3.05, 3.63) is 72.1 Å². The quantitative estimate of drug-likeness (QED) is 0.542. The van der Waals surface area contributed by atoms with Gasteiger partial charge in [-0.2, -0.15) is 0 Å². The summed E-state index contributed by atoms with van der Waals surface area (Å²) in [5.74, 6) is 0.0283. The van der Waals surface area contributed by atoms with Gasteiger partial charge in [-0.15, -0.1) is 0 Å². The number of nitrogens with one attached hydrogen (secondary N) is 2. The molecule has 0 saturated heterocycles. The number of fused-ring (bicyclic) bond motifs is 2. The minimum absolute atomic E-state index is 0.0915. The number of aromatic nitrogens is 1. The molecule has 0 bridgehead atoms. The van der Waals surface area contributed by atoms with Crippen LogP contribution in [-0.2, 0) is 9.59 Å². The van der Waals surface area contributed by atoms with Gasteiger partial charge >= 0.3 is 0 Å². The van der Waals surface area contributed by atoms with Crippen molar-refractivity contribution >= 4 is 39.7 Å². The summed E-state index contributed by atoms with van der Waals surface area (Å²) >= 11 is 0. The van der Waals surface area contributed by atoms with Crippen molar-refractivity contribution < 1.29 is 9.59 Å². The smallest absolute Gasteiger partial charge is 0.243 e. The molecule has 1 atom stereocenters. The summed E-state index contributed by atoms with van der Waals surface area (Å²) in [4.78, 5) is 33.1. The second-order valence-electron chi connectivity index (χ2n) is 9.99. The highest BCUT2D eigenvalue weighted by Gasteiger charge is 2.40. The normalized spacial score (nSPS) is 19.2. The molecule has 0 spiro atoms. The second kappa shape index (κ2) is 8.60. The summed E-state index contributed by atoms with van der Waals surface area (Å²) in [6.45, 7) is 6.49. The van der Waals surface area contributed by atoms with E-state index in [1.54, 1.807) is 6.20 Å². The maximum atomic E-state index is 13.3. The molecule has 1 aliphatic carbocycles. The van der Waals surface area contributed by atoms with Crippen LogP contribution in [0.4, 0.5) is 17.1 Å². The number of hydrogen-bond donors (Lipinski definition) is 2. The Morgan fingerprint density at radius 3 is 2.74 bits per heavy atom. The minimum Gasteiger partial charge on any atom is -0.357 e. The maximum absolute atomic E-state index is 13.3. The molecule has 3 aromatic rings. The zero-order valence-corrected chi connectivity index (χ0v) is 19.9. The highest BCUT2D eigenvalue weighted by molar-refractivity contribution is 6.02. The van der Waals surface area contributed by atoms with E-state index >= 15 is 0 Å². The molecule has 34 heavy (non-hydrogen) atoms. The molecule has 1 unspecified atom stereocenters. The Labute approximate surface area is 200 Å². The lowest BCUT2D eigenvalue weighted by Crippen LogP contribution is -2.44. The number of para-hydroxylation sites is 3. The number of anilines is 3. The van der Waals surface area contributed by atoms with Crippen LogP contribution in [0.15, 0.2) is 72.1 Å². The Balaban J connectivity index is 1.48. The molecule has 2 aromatic carbocycles. The lowest BCUT2D eigenvalue weighted by molar-refractivity contribution is -0.119. The predicted molar refractivity (Wildman–Crippen MR) is 137 cm³/mol. The third-order valence-corrected chi connectivity index (χ3v) is 6.70. The fraction of sp³-hybridized carbons (Fsp3) is 0.321. The largest absolute Gasteiger partial charge is 0.357 e. The molecule has 6 nitrogen and oxygen atoms in total. The standard InChI is InChI=1S/C28H30N4O2/c1-4-23-27-22(14-28(2,3)15-25(27)33)31-21-11-7-8-12-24(21)32(23)17-26(34)30-19-13-18-9-5-6-10-20(18)29-16-19/h5-13,16,23,31H,4,14-15,17H2,1-3H3,(H,30,34). The lowest BCUT2D eigenvalue weighted by atomic mass is 9.74. The number of nitrogens with zero attached hydrogens (tertiary/aromatic N) is 2. The topological polar surface area (TPSA) is 74.3 Å². The second-order valence-corrected chi connectivity index (χ2v) is 9.99. The zero-order valence-electron chi connectivity index (χ0n) is 19.9. The van der Waals surface area contributed by atoms with Crippen molar-refractivity contribution in [3.8, 4) is 0 Å². The van der Waals surface area contributed by atoms with E-state index in [1.165, 1.54) is 0 Å². The molecule has 1 aliphatic heterocycles. The van der Waals surface area contributed by atoms with E-state index in [2.05, 4.69) is 41.3 Å². The number of ketones is 1. The zero-order chi connectivity index (χ0) is 23.9. The molecule has 2 aliphatic rings. The molecule has 1 amide bonds. The molecule has 1 aromatic heterocycles. The fourth-order valence-corrected chi connectivity index (χ4v) is 5.26. The van der Waals surface area contributed by atoms with Crippen LogP contribution < -0.4 is 15.5 Å². The van der Waals surface area contributed by atoms with E-state index in [0.29, 0.717) is 12.1 Å². The Kier molecular flexibility index (Phi) is 5.60. The summed E-state index contributed by atoms with van der Waals surface area (Å²) in [7, 11) is 0. The van der Waals surface area contributed by atoms with Crippen molar-refractivity contribution in [1.82, 2.24) is 4.98 Å². The van der Waals surface area contributed by atoms with E-state index in [0.717, 1.165) is 46.4 Å². The van der Waals surface area contributed by atoms with Gasteiger partial charge in [0.15, 0.2) is 5.78 Å². The van der Waals surface area contributed by atoms with Gasteiger partial charge in [0.05, 0.1) is 41.4 Å². The van der Waals surface area contributed by atoms with E-state index in [9.17, 15) is 9.59 Å². The molecule has 0 saturated carbocycles. The molecule has 174 valence electrons. The average Bonchev–Trinajstić information content (AvgIpc) is 2.92. The fourth-order valence-electron chi connectivity index (χ4n) is 5.26. The summed E-state index contributed by atoms with van der Waals surface area (Å²) in [6, 6.07) is 17.6. The first-order valence-electron chi connectivity index (χ1n) is 11.9. The Bertz CT molecular complexity index is 1310. The van der Waals surface area contributed by atoms with Crippen LogP contribution in [-0.4, -0.2) is 29.3 Å². The van der Waals surface area contributed by atoms with Gasteiger partial charge in [0, 0.05) is 23.1 Å². The highest BCUT2D eigenvalue weighted by Crippen LogP contribution is 2.44. The number of hydrogen-bond acceptors (Lipinski definition) is 5. The van der Waals surface area contributed by atoms with E-state index in [-0.39, 0.29) is 29.7 Å². The Morgan fingerprint density at radius 1 is 1.15 bits per heavy atom. The SMILES string of the molecule is CCC1C2=C(CC(C)(C)CC2=O)Nc2ccccc2N1CC(=O)Nc1cnc2ccccc2c1. The summed E-state index contributed by atoms with van der Waals surface area (Å²) in [6.07, 6.45) is 3.74. The van der Waals surface area contributed by atoms with Gasteiger partial charge in [-0.1, -0.05) is 51.1 Å². The average molecular weight is 455 g/mol. The summed E-state index contributed by atoms with van der Waals surface area (Å²) < 4.78 is 0. The molecular formula is C28H30N4O2. The van der Waals surface area contributed by atoms with Crippen LogP contribution in [0, 0.1) is 5.41 Å². The van der Waals surface area contributed by atoms with Crippen LogP contribution >= 0.6 is 0 Å². The van der Waals surface area contributed by atoms with Crippen LogP contribution in [0.5, 0.6) is 0 Å². The van der Waals surface area contributed by atoms with Gasteiger partial charge in [-0.3, -0.25) is 14.6 Å². The van der Waals surface area contributed by atoms with Crippen molar-refractivity contribution in [3.63, 3.8) is 0 Å². The van der Waals surface area contributed by atoms with Crippen molar-refractivity contribution in [2.75, 3.05) is 22.1 Å². The summed E-state index contributed by atoms with van der Waals surface area (Å²) in [5.41, 5.74) is 5.12. The lowest BCUT2D eigenvalue weighted by Gasteiger charge is -2.37. The number of benzene rings is 2. The first-order valence-corrected chi connectivity index (χ1v) is 11.9. The Hall–Kier alpha value is -3.67. The van der Waals surface area contributed by atoms with Crippen molar-refractivity contribution in [2.24, 2.45) is 5.41 Å². The van der Waals surface area contributed by atoms with Gasteiger partial charge in [-0.25, -0.2) is 0 Å². The van der Waals surface area contributed by atoms with Crippen LogP contribution in [0.2, 0.25) is 0 Å². The van der Waals surface area contributed by atoms with Gasteiger partial charge < -0.3 is 15.5 Å². The van der Waals surface area contributed by atoms with Gasteiger partial charge in [0.1, 0.15) is 0 Å². The monoisotopic (exact) mass is 454 g/mol. The number of amides is 1. The number of rotatable bonds is 4. The maximum Gasteiger partial charge on any atom is 0.243 e. The van der Waals surface area contributed by atoms with Crippen LogP contribution in [0.1, 0.15) is 40.0 Å². The van der Waals surface area contributed by atoms with Crippen molar-refractivity contribution in [2.45, 2.75) is 46.1 Å². The van der Waals surface area contributed by atoms with Gasteiger partial charge in [-0.05, 0) is 42.5 Å². The molecule has 6 heteroatoms. The Morgan fingerprint density at radius 2 is 1.91 bits per heavy atom. The van der Waals surface area contributed by atoms with E-state index < -0.39 is 0 Å². The minimum atomic E-state index is -0.171. The van der Waals surface area contributed by atoms with Crippen LogP contribution in [0.25, 0.3) is 10.9 Å².